The Bertz CT molecular complexity index is 600. The summed E-state index contributed by atoms with van der Waals surface area (Å²) in [6.45, 7) is 0. The molecule has 0 unspecified atom stereocenters. The van der Waals surface area contributed by atoms with Crippen LogP contribution >= 0.6 is 0 Å². The monoisotopic (exact) mass is 286 g/mol. The molecule has 0 bridgehead atoms. The number of nitrogens with zero attached hydrogens (tertiary/aromatic N) is 2. The first-order chi connectivity index (χ1) is 9.29. The molecule has 0 aliphatic heterocycles. The van der Waals surface area contributed by atoms with E-state index in [1.165, 1.54) is 5.56 Å². The van der Waals surface area contributed by atoms with E-state index in [4.69, 9.17) is 11.2 Å². The fraction of sp³-hybridized carbons (Fsp3) is 0.0667. The molecule has 0 N–H and O–H groups in total. The molecule has 2 nitrogen and oxygen atoms in total. The molecular formula is C15H14N2S2. The van der Waals surface area contributed by atoms with Crippen molar-refractivity contribution < 1.29 is 0 Å². The lowest BCUT2D eigenvalue weighted by Gasteiger charge is -2.10. The van der Waals surface area contributed by atoms with Gasteiger partial charge in [-0.25, -0.2) is 0 Å². The first-order valence-corrected chi connectivity index (χ1v) is 7.56. The zero-order valence-corrected chi connectivity index (χ0v) is 12.2. The number of hydrogen-bond acceptors (Lipinski definition) is 2. The van der Waals surface area contributed by atoms with Gasteiger partial charge in [-0.15, -0.1) is 4.47 Å². The van der Waals surface area contributed by atoms with Gasteiger partial charge in [-0.05, 0) is 23.3 Å². The van der Waals surface area contributed by atoms with Crippen molar-refractivity contribution in [2.75, 3.05) is 12.1 Å². The van der Waals surface area contributed by atoms with E-state index in [0.29, 0.717) is 0 Å². The number of benzene rings is 2. The van der Waals surface area contributed by atoms with Crippen LogP contribution in [0.5, 0.6) is 0 Å². The van der Waals surface area contributed by atoms with Crippen LogP contribution in [0, 0.1) is 0 Å². The molecule has 2 aromatic rings. The smallest absolute Gasteiger partial charge is 0.0600 e. The van der Waals surface area contributed by atoms with Crippen LogP contribution in [0.25, 0.3) is 12.2 Å². The van der Waals surface area contributed by atoms with Crippen molar-refractivity contribution in [2.45, 2.75) is 0 Å². The van der Waals surface area contributed by atoms with E-state index in [2.05, 4.69) is 40.9 Å². The average molecular weight is 286 g/mol. The lowest BCUT2D eigenvalue weighted by molar-refractivity contribution is 1.04. The van der Waals surface area contributed by atoms with Crippen molar-refractivity contribution in [3.8, 4) is 0 Å². The molecule has 0 aliphatic carbocycles. The fourth-order valence-corrected chi connectivity index (χ4v) is 2.15. The first kappa shape index (κ1) is 13.6. The number of rotatable bonds is 4. The van der Waals surface area contributed by atoms with Gasteiger partial charge in [-0.1, -0.05) is 54.6 Å². The fourth-order valence-electron chi connectivity index (χ4n) is 1.65. The largest absolute Gasteiger partial charge is 0.257 e. The van der Waals surface area contributed by atoms with Gasteiger partial charge in [0.2, 0.25) is 0 Å². The molecule has 0 aromatic heterocycles. The molecule has 0 radical (unpaired) electrons. The van der Waals surface area contributed by atoms with Crippen LogP contribution in [0.1, 0.15) is 11.1 Å². The Morgan fingerprint density at radius 2 is 1.53 bits per heavy atom. The molecule has 2 rings (SSSR count). The summed E-state index contributed by atoms with van der Waals surface area (Å²) < 4.78 is 4.06. The van der Waals surface area contributed by atoms with E-state index in [1.807, 2.05) is 37.4 Å². The van der Waals surface area contributed by atoms with Crippen LogP contribution in [0.15, 0.2) is 59.1 Å². The number of anilines is 1. The summed E-state index contributed by atoms with van der Waals surface area (Å²) in [6, 6.07) is 18.4. The highest BCUT2D eigenvalue weighted by atomic mass is 32.8. The zero-order chi connectivity index (χ0) is 13.5. The molecule has 0 saturated carbocycles. The third-order valence-electron chi connectivity index (χ3n) is 2.69. The minimum absolute atomic E-state index is 1.02. The Morgan fingerprint density at radius 3 is 2.11 bits per heavy atom. The van der Waals surface area contributed by atoms with Crippen LogP contribution in [0.4, 0.5) is 5.69 Å². The van der Waals surface area contributed by atoms with Gasteiger partial charge in [0.1, 0.15) is 0 Å². The van der Waals surface area contributed by atoms with Crippen LogP contribution < -0.4 is 5.01 Å². The van der Waals surface area contributed by atoms with Gasteiger partial charge in [-0.3, -0.25) is 5.01 Å². The van der Waals surface area contributed by atoms with Gasteiger partial charge in [0, 0.05) is 18.2 Å². The van der Waals surface area contributed by atoms with Gasteiger partial charge >= 0.3 is 0 Å². The van der Waals surface area contributed by atoms with Crippen LogP contribution in [0.2, 0.25) is 0 Å². The predicted octanol–water partition coefficient (Wildman–Crippen LogP) is 3.94. The van der Waals surface area contributed by atoms with Gasteiger partial charge in [0.05, 0.1) is 15.8 Å². The molecule has 0 amide bonds. The van der Waals surface area contributed by atoms with Crippen molar-refractivity contribution in [1.29, 1.82) is 0 Å². The van der Waals surface area contributed by atoms with Gasteiger partial charge in [-0.2, -0.15) is 0 Å². The SMILES string of the molecule is CN(N=S=S)c1ccc(/C=C/c2ccccc2)cc1. The third-order valence-corrected chi connectivity index (χ3v) is 3.20. The predicted molar refractivity (Wildman–Crippen MR) is 87.4 cm³/mol. The summed E-state index contributed by atoms with van der Waals surface area (Å²) in [5.41, 5.74) is 3.38. The Labute approximate surface area is 121 Å². The molecule has 0 atom stereocenters. The molecule has 4 heteroatoms. The topological polar surface area (TPSA) is 15.6 Å². The molecule has 0 fully saturated rings. The third kappa shape index (κ3) is 4.12. The quantitative estimate of drug-likeness (QED) is 0.625. The summed E-state index contributed by atoms with van der Waals surface area (Å²) in [5.74, 6) is 0. The Kier molecular flexibility index (Phi) is 5.01. The normalized spacial score (nSPS) is 10.4. The minimum atomic E-state index is 1.02. The standard InChI is InChI=1S/C15H14N2S2/c1-17(16-19-18)15-11-9-14(10-12-15)8-7-13-5-3-2-4-6-13/h2-12H,1H3/b8-7+. The average Bonchev–Trinajstić information content (AvgIpc) is 2.47. The molecule has 0 saturated heterocycles. The molecule has 19 heavy (non-hydrogen) atoms. The first-order valence-electron chi connectivity index (χ1n) is 5.86. The van der Waals surface area contributed by atoms with E-state index in [9.17, 15) is 0 Å². The van der Waals surface area contributed by atoms with E-state index in [0.717, 1.165) is 21.4 Å². The summed E-state index contributed by atoms with van der Waals surface area (Å²) in [7, 11) is 2.92. The highest BCUT2D eigenvalue weighted by Gasteiger charge is 1.96. The summed E-state index contributed by atoms with van der Waals surface area (Å²) >= 11 is 4.75. The summed E-state index contributed by atoms with van der Waals surface area (Å²) in [5, 5.41) is 1.77. The second-order valence-corrected chi connectivity index (χ2v) is 4.77. The maximum Gasteiger partial charge on any atom is 0.0600 e. The van der Waals surface area contributed by atoms with E-state index in [1.54, 1.807) is 5.01 Å². The Hall–Kier alpha value is -1.78. The zero-order valence-electron chi connectivity index (χ0n) is 10.6. The van der Waals surface area contributed by atoms with Gasteiger partial charge < -0.3 is 0 Å². The van der Waals surface area contributed by atoms with Gasteiger partial charge in [0.25, 0.3) is 0 Å². The van der Waals surface area contributed by atoms with Crippen LogP contribution in [-0.2, 0) is 21.3 Å². The second kappa shape index (κ2) is 6.97. The molecule has 0 heterocycles. The molecular weight excluding hydrogens is 272 g/mol. The van der Waals surface area contributed by atoms with E-state index >= 15 is 0 Å². The van der Waals surface area contributed by atoms with Crippen molar-refractivity contribution in [1.82, 2.24) is 0 Å². The van der Waals surface area contributed by atoms with Crippen molar-refractivity contribution >= 4 is 39.1 Å². The highest BCUT2D eigenvalue weighted by molar-refractivity contribution is 8.12. The number of hydrogen-bond donors (Lipinski definition) is 0. The molecule has 0 spiro atoms. The second-order valence-electron chi connectivity index (χ2n) is 4.02. The summed E-state index contributed by atoms with van der Waals surface area (Å²) in [4.78, 5) is 0. The van der Waals surface area contributed by atoms with Crippen molar-refractivity contribution in [2.24, 2.45) is 4.47 Å². The maximum atomic E-state index is 4.75. The van der Waals surface area contributed by atoms with Crippen molar-refractivity contribution in [3.63, 3.8) is 0 Å². The Morgan fingerprint density at radius 1 is 0.947 bits per heavy atom. The van der Waals surface area contributed by atoms with Crippen LogP contribution in [0.3, 0.4) is 0 Å². The molecule has 96 valence electrons. The minimum Gasteiger partial charge on any atom is -0.257 e. The van der Waals surface area contributed by atoms with Gasteiger partial charge in [0.15, 0.2) is 0 Å². The highest BCUT2D eigenvalue weighted by Crippen LogP contribution is 2.15. The lowest BCUT2D eigenvalue weighted by atomic mass is 10.1. The molecule has 0 aliphatic rings. The van der Waals surface area contributed by atoms with Crippen molar-refractivity contribution in [3.05, 3.63) is 65.7 Å². The van der Waals surface area contributed by atoms with E-state index < -0.39 is 0 Å². The Balaban J connectivity index is 2.11. The summed E-state index contributed by atoms with van der Waals surface area (Å²) in [6.07, 6.45) is 4.19. The van der Waals surface area contributed by atoms with Crippen LogP contribution in [-0.4, -0.2) is 7.05 Å². The lowest BCUT2D eigenvalue weighted by Crippen LogP contribution is -2.06. The maximum absolute atomic E-state index is 4.75. The molecule has 2 aromatic carbocycles. The van der Waals surface area contributed by atoms with E-state index in [-0.39, 0.29) is 0 Å².